The van der Waals surface area contributed by atoms with Crippen LogP contribution in [0.2, 0.25) is 0 Å². The summed E-state index contributed by atoms with van der Waals surface area (Å²) in [4.78, 5) is 90.4. The zero-order valence-corrected chi connectivity index (χ0v) is 76.5. The minimum absolute atomic E-state index is 0.0175. The first kappa shape index (κ1) is 104. The smallest absolute Gasteiger partial charge is 0.408 e. The lowest BCUT2D eigenvalue weighted by atomic mass is 10.1. The maximum atomic E-state index is 15.0. The Hall–Kier alpha value is -7.22. The number of likely N-dealkylation sites (tertiary alicyclic amines) is 2. The van der Waals surface area contributed by atoms with Crippen LogP contribution in [0, 0.1) is 41.0 Å². The predicted octanol–water partition coefficient (Wildman–Crippen LogP) is 15.6. The van der Waals surface area contributed by atoms with Crippen LogP contribution >= 0.6 is 58.2 Å². The van der Waals surface area contributed by atoms with E-state index in [1.807, 2.05) is 13.8 Å². The third kappa shape index (κ3) is 31.2. The fourth-order valence-corrected chi connectivity index (χ4v) is 21.9. The van der Waals surface area contributed by atoms with Crippen LogP contribution in [-0.2, 0) is 102 Å². The number of rotatable bonds is 39. The van der Waals surface area contributed by atoms with Crippen LogP contribution in [0.15, 0.2) is 154 Å². The van der Waals surface area contributed by atoms with Crippen molar-refractivity contribution >= 4 is 120 Å². The highest BCUT2D eigenvalue weighted by atomic mass is 79.9. The van der Waals surface area contributed by atoms with Crippen molar-refractivity contribution in [2.75, 3.05) is 59.3 Å². The van der Waals surface area contributed by atoms with Gasteiger partial charge in [0.05, 0.1) is 72.6 Å². The van der Waals surface area contributed by atoms with Crippen LogP contribution in [0.25, 0.3) is 0 Å². The Bertz CT molecular complexity index is 4570. The van der Waals surface area contributed by atoms with Gasteiger partial charge in [0.15, 0.2) is 0 Å². The molecular formula is C81H109Br2ClF4N6O23P2S2. The van der Waals surface area contributed by atoms with Crippen molar-refractivity contribution in [3.8, 4) is 0 Å². The molecule has 2 heterocycles. The number of carboxylic acids is 1. The Morgan fingerprint density at radius 1 is 0.620 bits per heavy atom. The average molecular weight is 1930 g/mol. The van der Waals surface area contributed by atoms with E-state index in [-0.39, 0.29) is 98.9 Å². The van der Waals surface area contributed by atoms with Crippen molar-refractivity contribution in [2.24, 2.45) is 23.5 Å². The second-order valence-corrected chi connectivity index (χ2v) is 41.6. The first-order chi connectivity index (χ1) is 56.5. The van der Waals surface area contributed by atoms with E-state index >= 15 is 13.3 Å². The second kappa shape index (κ2) is 46.7. The fourth-order valence-electron chi connectivity index (χ4n) is 13.0. The number of benzene rings is 4. The number of nitrogens with zero attached hydrogens (tertiary/aromatic N) is 2. The van der Waals surface area contributed by atoms with Crippen LogP contribution in [0.1, 0.15) is 132 Å². The van der Waals surface area contributed by atoms with E-state index in [9.17, 15) is 68.8 Å². The summed E-state index contributed by atoms with van der Waals surface area (Å²) in [5.74, 6) is -7.22. The third-order valence-electron chi connectivity index (χ3n) is 18.7. The molecule has 12 atom stereocenters. The molecule has 0 spiro atoms. The van der Waals surface area contributed by atoms with Gasteiger partial charge in [-0.15, -0.1) is 26.3 Å². The third-order valence-corrected chi connectivity index (χ3v) is 29.1. The number of ether oxygens (including phenoxy) is 5. The number of carboxylic acid groups (broad SMARTS) is 1. The highest BCUT2D eigenvalue weighted by Gasteiger charge is 2.68. The molecule has 4 aliphatic rings. The number of carbonyl (C=O) groups is 7. The Kier molecular flexibility index (Phi) is 40.2. The van der Waals surface area contributed by atoms with Gasteiger partial charge in [0.1, 0.15) is 63.9 Å². The van der Waals surface area contributed by atoms with Crippen LogP contribution < -0.4 is 21.7 Å². The number of halogens is 7. The van der Waals surface area contributed by atoms with E-state index in [0.29, 0.717) is 47.5 Å². The zero-order valence-electron chi connectivity index (χ0n) is 69.1. The lowest BCUT2D eigenvalue weighted by molar-refractivity contribution is -0.149. The van der Waals surface area contributed by atoms with Gasteiger partial charge < -0.3 is 69.3 Å². The maximum absolute atomic E-state index is 15.0. The maximum Gasteiger partial charge on any atom is 0.408 e. The standard InChI is InChI=1S/C38H49BrF2N3O10PS.C21H27BrN2O8S.C17H24F2NO3P.C5H9ClO2/c1-7-11-32(42-36(47)53-37(4,5)6)35(46)44-23-27(54-56(49,50)28-16-14-26(39)15-17-28)21-33(44)34(45)43-38(22-25(38)18-20-51-19-8-2)55(48,52-9-3)24-29-30(40)12-10-13-31(29)41;1-5-6-16(23-20(28)31-21(2,3)4)18(25)24-12-14(11-17(24)19(26)27)32-33(29,30)15-9-7-13(22)8-10-15;1-3-9-22-10-8-13-11-17(13,20)24(21,23-4-2)12-14-15(18)6-5-7-16(14)19;1-4(2)3-8-5(6)7/h7-8,10,12-17,25,27,32-33H,1-2,9,11,18-24H2,3-6H3,(H,42,47)(H,43,45);5,7-10,14,16-17H,1,6,11-12H2,2-4H3,(H,23,28)(H,26,27);3,5-7,13H,1,4,8-12,20H2,2H3;4H,3H2,1-2H3/t25-,27+,32+,33+,38+,55?;14-,16-,17-;13-,17+,24?;/m101./s1. The quantitative estimate of drug-likeness (QED) is 0.00527. The van der Waals surface area contributed by atoms with Gasteiger partial charge in [-0.2, -0.15) is 16.8 Å². The van der Waals surface area contributed by atoms with Crippen molar-refractivity contribution in [3.05, 3.63) is 179 Å². The van der Waals surface area contributed by atoms with E-state index in [1.54, 1.807) is 67.5 Å². The Morgan fingerprint density at radius 3 is 1.37 bits per heavy atom. The van der Waals surface area contributed by atoms with Gasteiger partial charge in [-0.1, -0.05) is 82.1 Å². The Balaban J connectivity index is 0.000000336. The van der Waals surface area contributed by atoms with Crippen molar-refractivity contribution < 1.29 is 123 Å². The minimum atomic E-state index is -4.40. The van der Waals surface area contributed by atoms with Gasteiger partial charge in [-0.3, -0.25) is 31.9 Å². The number of aliphatic carboxylic acids is 1. The molecule has 4 aromatic rings. The summed E-state index contributed by atoms with van der Waals surface area (Å²) in [6.07, 6.45) is 1.74. The number of nitrogens with one attached hydrogen (secondary N) is 3. The molecule has 2 aliphatic heterocycles. The molecule has 0 bridgehead atoms. The van der Waals surface area contributed by atoms with Crippen LogP contribution in [0.4, 0.5) is 31.9 Å². The first-order valence-corrected chi connectivity index (χ1v) is 47.0. The van der Waals surface area contributed by atoms with Gasteiger partial charge in [0.2, 0.25) is 32.5 Å². The topological polar surface area (TPSA) is 394 Å². The number of carbonyl (C=O) groups excluding carboxylic acids is 6. The number of hydrogen-bond acceptors (Lipinski definition) is 23. The molecule has 4 fully saturated rings. The molecule has 40 heteroatoms. The molecule has 121 heavy (non-hydrogen) atoms. The van der Waals surface area contributed by atoms with E-state index < -0.39 is 182 Å². The molecule has 0 aromatic heterocycles. The lowest BCUT2D eigenvalue weighted by Crippen LogP contribution is -2.55. The molecule has 8 rings (SSSR count). The summed E-state index contributed by atoms with van der Waals surface area (Å²) in [7, 11) is -16.3. The van der Waals surface area contributed by atoms with Crippen LogP contribution in [-0.4, -0.2) is 191 Å². The van der Waals surface area contributed by atoms with Crippen molar-refractivity contribution in [1.82, 2.24) is 25.8 Å². The van der Waals surface area contributed by atoms with Gasteiger partial charge in [0, 0.05) is 70.8 Å². The predicted molar refractivity (Wildman–Crippen MR) is 452 cm³/mol. The van der Waals surface area contributed by atoms with Gasteiger partial charge in [-0.05, 0) is 184 Å². The van der Waals surface area contributed by atoms with E-state index in [1.165, 1.54) is 72.8 Å². The highest BCUT2D eigenvalue weighted by Crippen LogP contribution is 2.75. The Labute approximate surface area is 726 Å². The van der Waals surface area contributed by atoms with Crippen molar-refractivity contribution in [3.63, 3.8) is 0 Å². The second-order valence-electron chi connectivity index (χ2n) is 30.9. The van der Waals surface area contributed by atoms with Gasteiger partial charge >= 0.3 is 23.6 Å². The molecular weight excluding hydrogens is 1820 g/mol. The van der Waals surface area contributed by atoms with Crippen LogP contribution in [0.5, 0.6) is 0 Å². The summed E-state index contributed by atoms with van der Waals surface area (Å²) < 4.78 is 187. The Morgan fingerprint density at radius 2 is 1.01 bits per heavy atom. The molecule has 2 unspecified atom stereocenters. The number of nitrogens with two attached hydrogens (primary N) is 1. The molecule has 4 aromatic carbocycles. The largest absolute Gasteiger partial charge is 0.480 e. The summed E-state index contributed by atoms with van der Waals surface area (Å²) >= 11 is 11.3. The molecule has 672 valence electrons. The zero-order chi connectivity index (χ0) is 90.8. The summed E-state index contributed by atoms with van der Waals surface area (Å²) in [5.41, 5.74) is 3.17. The van der Waals surface area contributed by atoms with Gasteiger partial charge in [0.25, 0.3) is 20.2 Å². The minimum Gasteiger partial charge on any atom is -0.480 e. The van der Waals surface area contributed by atoms with Crippen LogP contribution in [0.3, 0.4) is 0 Å². The molecule has 6 N–H and O–H groups in total. The molecule has 0 radical (unpaired) electrons. The summed E-state index contributed by atoms with van der Waals surface area (Å²) in [5, 5.41) is 14.7. The average Bonchev–Trinajstić information content (AvgIpc) is 1.55. The number of alkyl carbamates (subject to hydrolysis) is 2. The molecule has 2 saturated carbocycles. The SMILES string of the molecule is C=CCOCC[C@@H]1C[C@]1(N)P(=O)(Cc1c(F)cccc1F)OCC.C=CCOCC[C@@H]1C[C@]1(NC(=O)[C@@H]1C[C@H](OS(=O)(=O)c2ccc(Br)cc2)CN1C(=O)[C@H](CC=C)NC(=O)OC(C)(C)C)P(=O)(Cc1c(F)cccc1F)OCC.C=CC[C@H](NC(=O)OC(C)(C)C)C(=O)N1C[C@@H](OS(=O)(=O)c2ccc(Br)cc2)C[C@H]1C(=O)O.CC(C)COC(=O)Cl. The van der Waals surface area contributed by atoms with Crippen molar-refractivity contribution in [1.29, 1.82) is 0 Å². The number of amides is 5. The monoisotopic (exact) mass is 1930 g/mol. The molecule has 2 saturated heterocycles. The van der Waals surface area contributed by atoms with E-state index in [4.69, 9.17) is 53.7 Å². The number of hydrogen-bond donors (Lipinski definition) is 5. The van der Waals surface area contributed by atoms with E-state index in [2.05, 4.69) is 78.9 Å². The normalized spacial score (nSPS) is 21.3. The summed E-state index contributed by atoms with van der Waals surface area (Å²) in [6.45, 7) is 32.5. The van der Waals surface area contributed by atoms with Crippen molar-refractivity contribution in [2.45, 2.75) is 201 Å². The molecule has 5 amide bonds. The highest BCUT2D eigenvalue weighted by molar-refractivity contribution is 9.10. The summed E-state index contributed by atoms with van der Waals surface area (Å²) in [6, 6.07) is 13.0. The lowest BCUT2D eigenvalue weighted by Gasteiger charge is -2.33. The van der Waals surface area contributed by atoms with Gasteiger partial charge in [-0.25, -0.2) is 36.7 Å². The van der Waals surface area contributed by atoms with E-state index in [0.717, 1.165) is 34.1 Å². The molecule has 29 nitrogen and oxygen atoms in total. The first-order valence-electron chi connectivity index (χ1n) is 38.6. The molecule has 2 aliphatic carbocycles. The fraction of sp³-hybridized carbons (Fsp3) is 0.519.